The molecule has 1 fully saturated rings. The van der Waals surface area contributed by atoms with Crippen LogP contribution >= 0.6 is 24.0 Å². The average molecular weight is 502 g/mol. The van der Waals surface area contributed by atoms with Crippen LogP contribution < -0.4 is 10.2 Å². The summed E-state index contributed by atoms with van der Waals surface area (Å²) in [5.41, 5.74) is 1.26. The van der Waals surface area contributed by atoms with Crippen molar-refractivity contribution >= 4 is 41.6 Å². The zero-order chi connectivity index (χ0) is 19.5. The molecule has 158 valence electrons. The Morgan fingerprint density at radius 2 is 1.93 bits per heavy atom. The maximum Gasteiger partial charge on any atom is 0.309 e. The smallest absolute Gasteiger partial charge is 0.309 e. The third-order valence-corrected chi connectivity index (χ3v) is 5.03. The highest BCUT2D eigenvalue weighted by molar-refractivity contribution is 14.0. The molecule has 7 heteroatoms. The third-order valence-electron chi connectivity index (χ3n) is 5.03. The fourth-order valence-corrected chi connectivity index (χ4v) is 3.41. The Labute approximate surface area is 186 Å². The lowest BCUT2D eigenvalue weighted by molar-refractivity contribution is -0.149. The van der Waals surface area contributed by atoms with Gasteiger partial charge in [-0.05, 0) is 44.7 Å². The number of likely N-dealkylation sites (tertiary alicyclic amines) is 1. The van der Waals surface area contributed by atoms with E-state index >= 15 is 0 Å². The molecule has 1 N–H and O–H groups in total. The number of nitrogens with one attached hydrogen (secondary N) is 1. The van der Waals surface area contributed by atoms with E-state index in [1.54, 1.807) is 0 Å². The van der Waals surface area contributed by atoms with Crippen LogP contribution in [0.4, 0.5) is 5.69 Å². The molecule has 1 aromatic carbocycles. The summed E-state index contributed by atoms with van der Waals surface area (Å²) in [6.45, 7) is 5.96. The number of hydrogen-bond donors (Lipinski definition) is 1. The highest BCUT2D eigenvalue weighted by Crippen LogP contribution is 2.18. The molecule has 0 aromatic heterocycles. The molecule has 0 saturated carbocycles. The van der Waals surface area contributed by atoms with Crippen molar-refractivity contribution in [2.24, 2.45) is 10.9 Å². The van der Waals surface area contributed by atoms with Crippen molar-refractivity contribution in [3.63, 3.8) is 0 Å². The molecule has 0 aliphatic carbocycles. The van der Waals surface area contributed by atoms with Crippen molar-refractivity contribution in [3.8, 4) is 0 Å². The first-order valence-corrected chi connectivity index (χ1v) is 10.0. The minimum atomic E-state index is -0.0531. The zero-order valence-corrected chi connectivity index (χ0v) is 19.7. The number of nitrogens with zero attached hydrogens (tertiary/aromatic N) is 3. The number of hydrogen-bond acceptors (Lipinski definition) is 4. The van der Waals surface area contributed by atoms with E-state index in [0.717, 1.165) is 57.8 Å². The van der Waals surface area contributed by atoms with Crippen LogP contribution in [0.25, 0.3) is 0 Å². The number of rotatable bonds is 8. The van der Waals surface area contributed by atoms with Gasteiger partial charge >= 0.3 is 5.97 Å². The number of carbonyl (C=O) groups excluding carboxylic acids is 1. The van der Waals surface area contributed by atoms with Gasteiger partial charge < -0.3 is 19.9 Å². The van der Waals surface area contributed by atoms with Crippen molar-refractivity contribution in [1.29, 1.82) is 0 Å². The summed E-state index contributed by atoms with van der Waals surface area (Å²) in [5.74, 6) is 0.921. The second-order valence-corrected chi connectivity index (χ2v) is 6.95. The van der Waals surface area contributed by atoms with Gasteiger partial charge in [-0.25, -0.2) is 0 Å². The second-order valence-electron chi connectivity index (χ2n) is 6.95. The maximum absolute atomic E-state index is 11.9. The van der Waals surface area contributed by atoms with Gasteiger partial charge in [0.05, 0.1) is 12.5 Å². The predicted octanol–water partition coefficient (Wildman–Crippen LogP) is 3.37. The number of para-hydroxylation sites is 1. The molecular weight excluding hydrogens is 467 g/mol. The quantitative estimate of drug-likeness (QED) is 0.194. The minimum absolute atomic E-state index is 0. The van der Waals surface area contributed by atoms with Crippen LogP contribution in [0, 0.1) is 5.92 Å². The normalized spacial score (nSPS) is 15.0. The Morgan fingerprint density at radius 1 is 1.25 bits per heavy atom. The lowest BCUT2D eigenvalue weighted by Crippen LogP contribution is -2.47. The van der Waals surface area contributed by atoms with Crippen LogP contribution in [0.15, 0.2) is 35.3 Å². The van der Waals surface area contributed by atoms with Crippen LogP contribution in [0.2, 0.25) is 0 Å². The van der Waals surface area contributed by atoms with Gasteiger partial charge in [-0.1, -0.05) is 18.2 Å². The number of benzene rings is 1. The molecule has 0 radical (unpaired) electrons. The summed E-state index contributed by atoms with van der Waals surface area (Å²) < 4.78 is 5.14. The van der Waals surface area contributed by atoms with Gasteiger partial charge in [-0.15, -0.1) is 24.0 Å². The first kappa shape index (κ1) is 24.5. The van der Waals surface area contributed by atoms with Gasteiger partial charge in [0, 0.05) is 46.0 Å². The molecule has 0 amide bonds. The highest BCUT2D eigenvalue weighted by Gasteiger charge is 2.27. The van der Waals surface area contributed by atoms with E-state index < -0.39 is 0 Å². The summed E-state index contributed by atoms with van der Waals surface area (Å²) in [4.78, 5) is 20.8. The van der Waals surface area contributed by atoms with E-state index in [1.807, 2.05) is 20.0 Å². The fourth-order valence-electron chi connectivity index (χ4n) is 3.41. The molecule has 0 atom stereocenters. The molecule has 1 heterocycles. The van der Waals surface area contributed by atoms with Crippen LogP contribution in [-0.2, 0) is 9.53 Å². The molecule has 0 bridgehead atoms. The SMILES string of the molecule is CCOC(=O)C1CCN(C(=NC)NCCCCN(C)c2ccccc2)CC1.I. The Hall–Kier alpha value is -1.51. The van der Waals surface area contributed by atoms with Crippen molar-refractivity contribution in [3.05, 3.63) is 30.3 Å². The Bertz CT molecular complexity index is 589. The topological polar surface area (TPSA) is 57.2 Å². The first-order chi connectivity index (χ1) is 13.2. The molecular formula is C21H35IN4O2. The van der Waals surface area contributed by atoms with Crippen LogP contribution in [0.3, 0.4) is 0 Å². The second kappa shape index (κ2) is 13.6. The van der Waals surface area contributed by atoms with E-state index in [4.69, 9.17) is 4.74 Å². The standard InChI is InChI=1S/C21H34N4O2.HI/c1-4-27-20(26)18-12-16-25(17-13-18)21(22-2)23-14-8-9-15-24(3)19-10-6-5-7-11-19;/h5-7,10-11,18H,4,8-9,12-17H2,1-3H3,(H,22,23);1H. The van der Waals surface area contributed by atoms with E-state index in [-0.39, 0.29) is 35.9 Å². The molecule has 0 spiro atoms. The van der Waals surface area contributed by atoms with Crippen molar-refractivity contribution in [2.75, 3.05) is 51.8 Å². The zero-order valence-electron chi connectivity index (χ0n) is 17.4. The summed E-state index contributed by atoms with van der Waals surface area (Å²) >= 11 is 0. The van der Waals surface area contributed by atoms with Gasteiger partial charge in [0.1, 0.15) is 0 Å². The summed E-state index contributed by atoms with van der Waals surface area (Å²) in [7, 11) is 3.96. The average Bonchev–Trinajstić information content (AvgIpc) is 2.71. The van der Waals surface area contributed by atoms with Crippen LogP contribution in [0.1, 0.15) is 32.6 Å². The predicted molar refractivity (Wildman–Crippen MR) is 127 cm³/mol. The number of ether oxygens (including phenoxy) is 1. The highest BCUT2D eigenvalue weighted by atomic mass is 127. The van der Waals surface area contributed by atoms with Crippen molar-refractivity contribution in [1.82, 2.24) is 10.2 Å². The summed E-state index contributed by atoms with van der Waals surface area (Å²) in [5, 5.41) is 3.46. The third kappa shape index (κ3) is 7.85. The molecule has 28 heavy (non-hydrogen) atoms. The van der Waals surface area contributed by atoms with E-state index in [0.29, 0.717) is 6.61 Å². The Kier molecular flexibility index (Phi) is 11.9. The van der Waals surface area contributed by atoms with Gasteiger partial charge in [-0.2, -0.15) is 0 Å². The molecule has 0 unspecified atom stereocenters. The number of aliphatic imine (C=N–C) groups is 1. The number of esters is 1. The monoisotopic (exact) mass is 502 g/mol. The number of guanidine groups is 1. The lowest BCUT2D eigenvalue weighted by Gasteiger charge is -2.33. The largest absolute Gasteiger partial charge is 0.466 e. The molecule has 1 saturated heterocycles. The minimum Gasteiger partial charge on any atom is -0.466 e. The number of piperidine rings is 1. The van der Waals surface area contributed by atoms with Crippen molar-refractivity contribution in [2.45, 2.75) is 32.6 Å². The van der Waals surface area contributed by atoms with Gasteiger partial charge in [0.15, 0.2) is 5.96 Å². The summed E-state index contributed by atoms with van der Waals surface area (Å²) in [6.07, 6.45) is 3.89. The molecule has 2 rings (SSSR count). The first-order valence-electron chi connectivity index (χ1n) is 10.0. The molecule has 1 aliphatic heterocycles. The van der Waals surface area contributed by atoms with E-state index in [9.17, 15) is 4.79 Å². The molecule has 6 nitrogen and oxygen atoms in total. The Morgan fingerprint density at radius 3 is 2.54 bits per heavy atom. The molecule has 1 aliphatic rings. The van der Waals surface area contributed by atoms with Gasteiger partial charge in [0.2, 0.25) is 0 Å². The Balaban J connectivity index is 0.00000392. The summed E-state index contributed by atoms with van der Waals surface area (Å²) in [6, 6.07) is 10.5. The maximum atomic E-state index is 11.9. The van der Waals surface area contributed by atoms with Crippen LogP contribution in [0.5, 0.6) is 0 Å². The number of carbonyl (C=O) groups is 1. The van der Waals surface area contributed by atoms with Crippen LogP contribution in [-0.4, -0.2) is 63.7 Å². The molecule has 1 aromatic rings. The van der Waals surface area contributed by atoms with Gasteiger partial charge in [0.25, 0.3) is 0 Å². The van der Waals surface area contributed by atoms with E-state index in [1.165, 1.54) is 5.69 Å². The number of halogens is 1. The van der Waals surface area contributed by atoms with E-state index in [2.05, 4.69) is 51.4 Å². The number of unbranched alkanes of at least 4 members (excludes halogenated alkanes) is 1. The number of anilines is 1. The van der Waals surface area contributed by atoms with Crippen molar-refractivity contribution < 1.29 is 9.53 Å². The lowest BCUT2D eigenvalue weighted by atomic mass is 9.97. The fraction of sp³-hybridized carbons (Fsp3) is 0.619. The van der Waals surface area contributed by atoms with Gasteiger partial charge in [-0.3, -0.25) is 9.79 Å².